The Morgan fingerprint density at radius 2 is 2.10 bits per heavy atom. The highest BCUT2D eigenvalue weighted by molar-refractivity contribution is 5.69. The van der Waals surface area contributed by atoms with Crippen LogP contribution in [0.2, 0.25) is 0 Å². The second-order valence-electron chi connectivity index (χ2n) is 1.78. The van der Waals surface area contributed by atoms with Gasteiger partial charge in [-0.15, -0.1) is 0 Å². The van der Waals surface area contributed by atoms with Crippen LogP contribution in [0.1, 0.15) is 13.3 Å². The van der Waals surface area contributed by atoms with Gasteiger partial charge in [0.1, 0.15) is 6.10 Å². The minimum absolute atomic E-state index is 0.232. The predicted molar refractivity (Wildman–Crippen MR) is 40.6 cm³/mol. The first-order chi connectivity index (χ1) is 4.74. The molecular formula is C8H12O2. The fraction of sp³-hybridized carbons (Fsp3) is 0.375. The second-order valence-corrected chi connectivity index (χ2v) is 1.78. The Bertz CT molecular complexity index is 130. The molecule has 0 radical (unpaired) electrons. The molecule has 0 aromatic heterocycles. The molecule has 0 atom stereocenters. The minimum Gasteiger partial charge on any atom is -0.454 e. The van der Waals surface area contributed by atoms with Gasteiger partial charge in [-0.25, -0.2) is 0 Å². The zero-order valence-corrected chi connectivity index (χ0v) is 6.17. The molecule has 0 unspecified atom stereocenters. The number of esters is 1. The SMILES string of the molecule is C=CC(C=C)OC(=O)CC. The van der Waals surface area contributed by atoms with Gasteiger partial charge in [0.2, 0.25) is 0 Å². The van der Waals surface area contributed by atoms with Crippen molar-refractivity contribution < 1.29 is 9.53 Å². The summed E-state index contributed by atoms with van der Waals surface area (Å²) in [5, 5.41) is 0. The Hall–Kier alpha value is -1.05. The van der Waals surface area contributed by atoms with Crippen LogP contribution in [0.25, 0.3) is 0 Å². The quantitative estimate of drug-likeness (QED) is 0.438. The summed E-state index contributed by atoms with van der Waals surface area (Å²) in [7, 11) is 0. The van der Waals surface area contributed by atoms with Gasteiger partial charge >= 0.3 is 5.97 Å². The third-order valence-corrected chi connectivity index (χ3v) is 1.02. The number of hydrogen-bond acceptors (Lipinski definition) is 2. The lowest BCUT2D eigenvalue weighted by Gasteiger charge is -2.06. The lowest BCUT2D eigenvalue weighted by atomic mass is 10.3. The average molecular weight is 140 g/mol. The standard InChI is InChI=1S/C8H12O2/c1-4-7(5-2)10-8(9)6-3/h4-5,7H,1-2,6H2,3H3. The number of hydrogen-bond donors (Lipinski definition) is 0. The number of ether oxygens (including phenoxy) is 1. The van der Waals surface area contributed by atoms with Crippen molar-refractivity contribution in [1.29, 1.82) is 0 Å². The molecule has 0 aromatic rings. The average Bonchev–Trinajstić information content (AvgIpc) is 1.99. The van der Waals surface area contributed by atoms with E-state index in [1.54, 1.807) is 6.92 Å². The van der Waals surface area contributed by atoms with Crippen LogP contribution < -0.4 is 0 Å². The van der Waals surface area contributed by atoms with E-state index in [2.05, 4.69) is 13.2 Å². The molecule has 10 heavy (non-hydrogen) atoms. The maximum Gasteiger partial charge on any atom is 0.306 e. The van der Waals surface area contributed by atoms with E-state index in [0.29, 0.717) is 6.42 Å². The first-order valence-corrected chi connectivity index (χ1v) is 3.19. The van der Waals surface area contributed by atoms with Gasteiger partial charge in [-0.3, -0.25) is 4.79 Å². The summed E-state index contributed by atoms with van der Waals surface area (Å²) in [6.07, 6.45) is 3.10. The number of carbonyl (C=O) groups excluding carboxylic acids is 1. The van der Waals surface area contributed by atoms with E-state index in [9.17, 15) is 4.79 Å². The first kappa shape index (κ1) is 8.95. The highest BCUT2D eigenvalue weighted by Gasteiger charge is 2.03. The maximum atomic E-state index is 10.6. The van der Waals surface area contributed by atoms with Crippen LogP contribution in [0.5, 0.6) is 0 Å². The monoisotopic (exact) mass is 140 g/mol. The van der Waals surface area contributed by atoms with Gasteiger partial charge < -0.3 is 4.74 Å². The molecule has 0 heterocycles. The fourth-order valence-electron chi connectivity index (χ4n) is 0.428. The zero-order chi connectivity index (χ0) is 7.98. The van der Waals surface area contributed by atoms with Gasteiger partial charge in [0.25, 0.3) is 0 Å². The fourth-order valence-corrected chi connectivity index (χ4v) is 0.428. The number of rotatable bonds is 4. The van der Waals surface area contributed by atoms with Gasteiger partial charge in [-0.2, -0.15) is 0 Å². The molecule has 0 spiro atoms. The molecule has 0 aliphatic heterocycles. The molecule has 0 N–H and O–H groups in total. The van der Waals surface area contributed by atoms with E-state index in [0.717, 1.165) is 0 Å². The van der Waals surface area contributed by atoms with Gasteiger partial charge in [0.15, 0.2) is 0 Å². The molecule has 0 amide bonds. The van der Waals surface area contributed by atoms with E-state index in [-0.39, 0.29) is 12.1 Å². The Morgan fingerprint density at radius 1 is 1.60 bits per heavy atom. The van der Waals surface area contributed by atoms with E-state index in [1.807, 2.05) is 0 Å². The topological polar surface area (TPSA) is 26.3 Å². The Morgan fingerprint density at radius 3 is 2.40 bits per heavy atom. The third kappa shape index (κ3) is 3.07. The summed E-state index contributed by atoms with van der Waals surface area (Å²) in [6.45, 7) is 8.68. The minimum atomic E-state index is -0.340. The number of carbonyl (C=O) groups is 1. The van der Waals surface area contributed by atoms with E-state index < -0.39 is 0 Å². The van der Waals surface area contributed by atoms with E-state index >= 15 is 0 Å². The molecule has 0 aliphatic rings. The lowest BCUT2D eigenvalue weighted by Crippen LogP contribution is -2.11. The summed E-state index contributed by atoms with van der Waals surface area (Å²) < 4.78 is 4.82. The third-order valence-electron chi connectivity index (χ3n) is 1.02. The van der Waals surface area contributed by atoms with Crippen molar-refractivity contribution in [2.45, 2.75) is 19.4 Å². The molecule has 0 bridgehead atoms. The normalized spacial score (nSPS) is 9.00. The summed E-state index contributed by atoms with van der Waals surface area (Å²) in [6, 6.07) is 0. The lowest BCUT2D eigenvalue weighted by molar-refractivity contribution is -0.144. The Balaban J connectivity index is 3.73. The smallest absolute Gasteiger partial charge is 0.306 e. The molecule has 0 aromatic carbocycles. The summed E-state index contributed by atoms with van der Waals surface area (Å²) in [4.78, 5) is 10.6. The second kappa shape index (κ2) is 4.79. The van der Waals surface area contributed by atoms with Crippen molar-refractivity contribution in [2.75, 3.05) is 0 Å². The van der Waals surface area contributed by atoms with Gasteiger partial charge in [0.05, 0.1) is 0 Å². The zero-order valence-electron chi connectivity index (χ0n) is 6.17. The summed E-state index contributed by atoms with van der Waals surface area (Å²) >= 11 is 0. The molecule has 0 rings (SSSR count). The van der Waals surface area contributed by atoms with Gasteiger partial charge in [0, 0.05) is 6.42 Å². The van der Waals surface area contributed by atoms with Gasteiger partial charge in [-0.05, 0) is 12.2 Å². The Labute approximate surface area is 61.2 Å². The molecular weight excluding hydrogens is 128 g/mol. The molecule has 2 nitrogen and oxygen atoms in total. The first-order valence-electron chi connectivity index (χ1n) is 3.19. The van der Waals surface area contributed by atoms with E-state index in [4.69, 9.17) is 4.74 Å². The predicted octanol–water partition coefficient (Wildman–Crippen LogP) is 1.68. The van der Waals surface area contributed by atoms with Crippen LogP contribution in [0.4, 0.5) is 0 Å². The van der Waals surface area contributed by atoms with Crippen LogP contribution in [0.3, 0.4) is 0 Å². The van der Waals surface area contributed by atoms with Crippen molar-refractivity contribution in [2.24, 2.45) is 0 Å². The van der Waals surface area contributed by atoms with Crippen molar-refractivity contribution >= 4 is 5.97 Å². The van der Waals surface area contributed by atoms with E-state index in [1.165, 1.54) is 12.2 Å². The van der Waals surface area contributed by atoms with Crippen molar-refractivity contribution in [3.8, 4) is 0 Å². The molecule has 56 valence electrons. The Kier molecular flexibility index (Phi) is 4.29. The summed E-state index contributed by atoms with van der Waals surface area (Å²) in [5.41, 5.74) is 0. The van der Waals surface area contributed by atoms with Crippen molar-refractivity contribution in [1.82, 2.24) is 0 Å². The van der Waals surface area contributed by atoms with Crippen LogP contribution in [0.15, 0.2) is 25.3 Å². The molecule has 2 heteroatoms. The maximum absolute atomic E-state index is 10.6. The molecule has 0 aliphatic carbocycles. The van der Waals surface area contributed by atoms with Crippen LogP contribution in [-0.2, 0) is 9.53 Å². The van der Waals surface area contributed by atoms with Crippen LogP contribution in [-0.4, -0.2) is 12.1 Å². The molecule has 0 saturated carbocycles. The van der Waals surface area contributed by atoms with Crippen LogP contribution >= 0.6 is 0 Å². The molecule has 0 fully saturated rings. The highest BCUT2D eigenvalue weighted by Crippen LogP contribution is 1.96. The van der Waals surface area contributed by atoms with Crippen molar-refractivity contribution in [3.63, 3.8) is 0 Å². The largest absolute Gasteiger partial charge is 0.454 e. The molecule has 0 saturated heterocycles. The van der Waals surface area contributed by atoms with Gasteiger partial charge in [-0.1, -0.05) is 20.1 Å². The summed E-state index contributed by atoms with van der Waals surface area (Å²) in [5.74, 6) is -0.232. The highest BCUT2D eigenvalue weighted by atomic mass is 16.5. The van der Waals surface area contributed by atoms with Crippen molar-refractivity contribution in [3.05, 3.63) is 25.3 Å². The van der Waals surface area contributed by atoms with Crippen LogP contribution in [0, 0.1) is 0 Å².